The van der Waals surface area contributed by atoms with Gasteiger partial charge >= 0.3 is 5.97 Å². The fraction of sp³-hybridized carbons (Fsp3) is 0.696. The van der Waals surface area contributed by atoms with Crippen molar-refractivity contribution in [3.8, 4) is 5.75 Å². The quantitative estimate of drug-likeness (QED) is 0.597. The van der Waals surface area contributed by atoms with E-state index < -0.39 is 0 Å². The van der Waals surface area contributed by atoms with Crippen LogP contribution in [0.25, 0.3) is 0 Å². The maximum atomic E-state index is 12.0. The second-order valence-corrected chi connectivity index (χ2v) is 8.58. The lowest BCUT2D eigenvalue weighted by Crippen LogP contribution is -2.59. The van der Waals surface area contributed by atoms with Gasteiger partial charge in [-0.05, 0) is 74.2 Å². The Balaban J connectivity index is 1.49. The highest BCUT2D eigenvalue weighted by Gasteiger charge is 2.51. The molecule has 3 aliphatic rings. The molecular formula is C23H33NO3. The van der Waals surface area contributed by atoms with E-state index in [0.29, 0.717) is 11.5 Å². The summed E-state index contributed by atoms with van der Waals surface area (Å²) in [6.07, 6.45) is 9.33. The minimum absolute atomic E-state index is 0.00866. The van der Waals surface area contributed by atoms with Crippen LogP contribution in [0.5, 0.6) is 5.75 Å². The molecule has 2 bridgehead atoms. The summed E-state index contributed by atoms with van der Waals surface area (Å²) in [7, 11) is 0. The Morgan fingerprint density at radius 1 is 1.26 bits per heavy atom. The van der Waals surface area contributed by atoms with Gasteiger partial charge in [-0.1, -0.05) is 32.8 Å². The maximum absolute atomic E-state index is 12.0. The predicted molar refractivity (Wildman–Crippen MR) is 106 cm³/mol. The van der Waals surface area contributed by atoms with Crippen LogP contribution in [0, 0.1) is 11.8 Å². The molecule has 1 saturated heterocycles. The van der Waals surface area contributed by atoms with Crippen LogP contribution in [0.15, 0.2) is 18.2 Å². The number of hydrogen-bond donors (Lipinski definition) is 1. The number of piperidine rings is 1. The molecule has 1 aliphatic heterocycles. The highest BCUT2D eigenvalue weighted by atomic mass is 16.7. The van der Waals surface area contributed by atoms with Crippen LogP contribution in [0.3, 0.4) is 0 Å². The SMILES string of the molecule is CCC(CC)C(=O)OCOc1ccc2c(c1)[C@]13CCCC[C@@H]1[C@@H](C2)NCC3. The molecule has 0 amide bonds. The van der Waals surface area contributed by atoms with Crippen molar-refractivity contribution in [3.05, 3.63) is 29.3 Å². The minimum Gasteiger partial charge on any atom is -0.457 e. The normalized spacial score (nSPS) is 29.0. The van der Waals surface area contributed by atoms with E-state index in [0.717, 1.165) is 37.5 Å². The Morgan fingerprint density at radius 3 is 2.93 bits per heavy atom. The van der Waals surface area contributed by atoms with Crippen LogP contribution >= 0.6 is 0 Å². The summed E-state index contributed by atoms with van der Waals surface area (Å²) < 4.78 is 11.2. The second kappa shape index (κ2) is 7.83. The molecule has 0 radical (unpaired) electrons. The van der Waals surface area contributed by atoms with Crippen molar-refractivity contribution in [2.24, 2.45) is 11.8 Å². The number of carbonyl (C=O) groups excluding carboxylic acids is 1. The summed E-state index contributed by atoms with van der Waals surface area (Å²) in [6.45, 7) is 5.17. The molecule has 1 N–H and O–H groups in total. The summed E-state index contributed by atoms with van der Waals surface area (Å²) in [5, 5.41) is 3.78. The van der Waals surface area contributed by atoms with Crippen LogP contribution in [0.2, 0.25) is 0 Å². The van der Waals surface area contributed by atoms with Gasteiger partial charge in [0.2, 0.25) is 6.79 Å². The molecule has 4 rings (SSSR count). The second-order valence-electron chi connectivity index (χ2n) is 8.58. The van der Waals surface area contributed by atoms with Gasteiger partial charge in [-0.3, -0.25) is 4.79 Å². The standard InChI is InChI=1S/C23H33NO3/c1-3-16(4-2)22(25)27-15-26-18-9-8-17-13-21-19-7-5-6-10-23(19,11-12-24-21)20(17)14-18/h8-9,14,16,19,21,24H,3-7,10-13,15H2,1-2H3/t19-,21-,23+/m1/s1. The first-order valence-corrected chi connectivity index (χ1v) is 10.8. The molecule has 1 heterocycles. The van der Waals surface area contributed by atoms with E-state index in [1.54, 1.807) is 0 Å². The lowest BCUT2D eigenvalue weighted by Gasteiger charge is -2.56. The lowest BCUT2D eigenvalue weighted by molar-refractivity contribution is -0.155. The highest BCUT2D eigenvalue weighted by molar-refractivity contribution is 5.72. The third-order valence-corrected chi connectivity index (χ3v) is 7.36. The Kier molecular flexibility index (Phi) is 5.45. The first-order chi connectivity index (χ1) is 13.2. The molecule has 27 heavy (non-hydrogen) atoms. The van der Waals surface area contributed by atoms with Gasteiger partial charge in [-0.15, -0.1) is 0 Å². The van der Waals surface area contributed by atoms with E-state index in [1.807, 2.05) is 19.9 Å². The summed E-state index contributed by atoms with van der Waals surface area (Å²) >= 11 is 0. The molecule has 1 saturated carbocycles. The number of fused-ring (bicyclic) bond motifs is 1. The number of ether oxygens (including phenoxy) is 2. The van der Waals surface area contributed by atoms with Crippen molar-refractivity contribution in [2.75, 3.05) is 13.3 Å². The monoisotopic (exact) mass is 371 g/mol. The third-order valence-electron chi connectivity index (χ3n) is 7.36. The van der Waals surface area contributed by atoms with E-state index in [9.17, 15) is 4.79 Å². The van der Waals surface area contributed by atoms with Crippen molar-refractivity contribution >= 4 is 5.97 Å². The van der Waals surface area contributed by atoms with Crippen molar-refractivity contribution in [3.63, 3.8) is 0 Å². The summed E-state index contributed by atoms with van der Waals surface area (Å²) in [5.41, 5.74) is 3.31. The fourth-order valence-corrected chi connectivity index (χ4v) is 5.89. The maximum Gasteiger partial charge on any atom is 0.311 e. The molecule has 2 aliphatic carbocycles. The van der Waals surface area contributed by atoms with Crippen LogP contribution in [0.4, 0.5) is 0 Å². The molecule has 2 fully saturated rings. The summed E-state index contributed by atoms with van der Waals surface area (Å²) in [6, 6.07) is 7.17. The van der Waals surface area contributed by atoms with Crippen LogP contribution < -0.4 is 10.1 Å². The average Bonchev–Trinajstić information content (AvgIpc) is 2.69. The van der Waals surface area contributed by atoms with Crippen LogP contribution in [0.1, 0.15) is 69.9 Å². The largest absolute Gasteiger partial charge is 0.457 e. The predicted octanol–water partition coefficient (Wildman–Crippen LogP) is 4.35. The fourth-order valence-electron chi connectivity index (χ4n) is 5.89. The van der Waals surface area contributed by atoms with Crippen molar-refractivity contribution < 1.29 is 14.3 Å². The van der Waals surface area contributed by atoms with Gasteiger partial charge in [-0.2, -0.15) is 0 Å². The summed E-state index contributed by atoms with van der Waals surface area (Å²) in [5.74, 6) is 1.42. The van der Waals surface area contributed by atoms with Gasteiger partial charge in [-0.25, -0.2) is 0 Å². The zero-order valence-corrected chi connectivity index (χ0v) is 16.8. The van der Waals surface area contributed by atoms with Gasteiger partial charge in [0.05, 0.1) is 5.92 Å². The van der Waals surface area contributed by atoms with E-state index in [4.69, 9.17) is 9.47 Å². The molecule has 1 aromatic carbocycles. The van der Waals surface area contributed by atoms with Gasteiger partial charge < -0.3 is 14.8 Å². The van der Waals surface area contributed by atoms with Crippen molar-refractivity contribution in [1.82, 2.24) is 5.32 Å². The summed E-state index contributed by atoms with van der Waals surface area (Å²) in [4.78, 5) is 12.0. The minimum atomic E-state index is -0.148. The number of hydrogen-bond acceptors (Lipinski definition) is 4. The Hall–Kier alpha value is -1.55. The first kappa shape index (κ1) is 18.8. The molecule has 4 nitrogen and oxygen atoms in total. The van der Waals surface area contributed by atoms with Crippen LogP contribution in [-0.4, -0.2) is 25.3 Å². The Bertz CT molecular complexity index is 680. The van der Waals surface area contributed by atoms with E-state index in [1.165, 1.54) is 43.2 Å². The van der Waals surface area contributed by atoms with Gasteiger partial charge in [0.1, 0.15) is 5.75 Å². The van der Waals surface area contributed by atoms with Gasteiger partial charge in [0, 0.05) is 11.5 Å². The highest BCUT2D eigenvalue weighted by Crippen LogP contribution is 2.54. The molecule has 1 aromatic rings. The molecule has 3 atom stereocenters. The lowest BCUT2D eigenvalue weighted by atomic mass is 9.53. The average molecular weight is 372 g/mol. The zero-order valence-electron chi connectivity index (χ0n) is 16.8. The number of esters is 1. The van der Waals surface area contributed by atoms with Crippen molar-refractivity contribution in [2.45, 2.75) is 76.7 Å². The van der Waals surface area contributed by atoms with E-state index in [-0.39, 0.29) is 18.7 Å². The molecular weight excluding hydrogens is 338 g/mol. The first-order valence-electron chi connectivity index (χ1n) is 10.8. The Labute approximate surface area is 163 Å². The topological polar surface area (TPSA) is 47.6 Å². The number of carbonyl (C=O) groups is 1. The Morgan fingerprint density at radius 2 is 2.11 bits per heavy atom. The van der Waals surface area contributed by atoms with Gasteiger partial charge in [0.25, 0.3) is 0 Å². The number of benzene rings is 1. The molecule has 0 unspecified atom stereocenters. The molecule has 0 aromatic heterocycles. The van der Waals surface area contributed by atoms with E-state index in [2.05, 4.69) is 17.4 Å². The number of nitrogens with one attached hydrogen (secondary N) is 1. The van der Waals surface area contributed by atoms with Crippen LogP contribution in [-0.2, 0) is 21.4 Å². The molecule has 0 spiro atoms. The third kappa shape index (κ3) is 3.37. The molecule has 4 heteroatoms. The van der Waals surface area contributed by atoms with Crippen molar-refractivity contribution in [1.29, 1.82) is 0 Å². The number of rotatable bonds is 6. The smallest absolute Gasteiger partial charge is 0.311 e. The molecule has 148 valence electrons. The van der Waals surface area contributed by atoms with Gasteiger partial charge in [0.15, 0.2) is 0 Å². The van der Waals surface area contributed by atoms with E-state index >= 15 is 0 Å². The zero-order chi connectivity index (χ0) is 18.9.